The van der Waals surface area contributed by atoms with E-state index >= 15 is 0 Å². The van der Waals surface area contributed by atoms with E-state index in [4.69, 9.17) is 4.74 Å². The van der Waals surface area contributed by atoms with Crippen LogP contribution in [0.25, 0.3) is 0 Å². The lowest BCUT2D eigenvalue weighted by atomic mass is 9.99. The van der Waals surface area contributed by atoms with Gasteiger partial charge in [0.1, 0.15) is 10.3 Å². The van der Waals surface area contributed by atoms with Crippen LogP contribution >= 0.6 is 11.3 Å². The van der Waals surface area contributed by atoms with E-state index in [0.717, 1.165) is 11.3 Å². The smallest absolute Gasteiger partial charge is 0.323 e. The lowest BCUT2D eigenvalue weighted by Crippen LogP contribution is -2.50. The lowest BCUT2D eigenvalue weighted by molar-refractivity contribution is 0.0389. The van der Waals surface area contributed by atoms with Gasteiger partial charge in [0.15, 0.2) is 5.75 Å². The third-order valence-corrected chi connectivity index (χ3v) is 9.76. The number of aliphatic hydroxyl groups is 1. The van der Waals surface area contributed by atoms with Crippen molar-refractivity contribution in [2.24, 2.45) is 5.92 Å². The van der Waals surface area contributed by atoms with Gasteiger partial charge in [-0.3, -0.25) is 4.79 Å². The summed E-state index contributed by atoms with van der Waals surface area (Å²) in [6.45, 7) is 3.60. The molecule has 0 bridgehead atoms. The van der Waals surface area contributed by atoms with Crippen LogP contribution in [0, 0.1) is 5.92 Å². The highest BCUT2D eigenvalue weighted by atomic mass is 32.2. The van der Waals surface area contributed by atoms with Gasteiger partial charge in [-0.1, -0.05) is 37.3 Å². The van der Waals surface area contributed by atoms with Gasteiger partial charge in [-0.2, -0.15) is 4.31 Å². The molecule has 3 N–H and O–H groups in total. The Labute approximate surface area is 232 Å². The van der Waals surface area contributed by atoms with Crippen molar-refractivity contribution in [2.45, 2.75) is 30.2 Å². The molecule has 0 aliphatic carbocycles. The van der Waals surface area contributed by atoms with E-state index in [2.05, 4.69) is 10.6 Å². The standard InChI is InChI=1S/C27H32N4O6S2/c1-18-15-31(19(2)17-32)26(33)21-11-7-12-22(29-27(34)28-20-9-5-4-6-10-20)25(21)37-23(18)16-30(3)39(35,36)24-13-8-14-38-24/h4-14,18-19,23,32H,15-17H2,1-3H3,(H2,28,29,34)/t18-,19+,23+/m0/s1. The maximum Gasteiger partial charge on any atom is 0.323 e. The number of rotatable bonds is 8. The molecule has 0 unspecified atom stereocenters. The highest BCUT2D eigenvalue weighted by Gasteiger charge is 2.36. The molecule has 2 heterocycles. The van der Waals surface area contributed by atoms with Gasteiger partial charge < -0.3 is 25.4 Å². The van der Waals surface area contributed by atoms with E-state index < -0.39 is 28.2 Å². The van der Waals surface area contributed by atoms with Crippen molar-refractivity contribution >= 4 is 44.7 Å². The molecule has 3 amide bonds. The zero-order chi connectivity index (χ0) is 28.2. The summed E-state index contributed by atoms with van der Waals surface area (Å²) < 4.78 is 34.1. The Morgan fingerprint density at radius 3 is 2.56 bits per heavy atom. The predicted molar refractivity (Wildman–Crippen MR) is 151 cm³/mol. The molecule has 0 fully saturated rings. The molecule has 0 saturated heterocycles. The van der Waals surface area contributed by atoms with Crippen LogP contribution in [0.5, 0.6) is 5.75 Å². The molecule has 39 heavy (non-hydrogen) atoms. The summed E-state index contributed by atoms with van der Waals surface area (Å²) in [5.41, 5.74) is 1.04. The van der Waals surface area contributed by atoms with Crippen molar-refractivity contribution in [3.05, 3.63) is 71.6 Å². The minimum atomic E-state index is -3.75. The van der Waals surface area contributed by atoms with E-state index in [9.17, 15) is 23.1 Å². The van der Waals surface area contributed by atoms with Crippen molar-refractivity contribution < 1.29 is 27.9 Å². The highest BCUT2D eigenvalue weighted by molar-refractivity contribution is 7.91. The highest BCUT2D eigenvalue weighted by Crippen LogP contribution is 2.35. The zero-order valence-corrected chi connectivity index (χ0v) is 23.5. The molecule has 4 rings (SSSR count). The largest absolute Gasteiger partial charge is 0.486 e. The van der Waals surface area contributed by atoms with Crippen LogP contribution in [0.1, 0.15) is 24.2 Å². The van der Waals surface area contributed by atoms with Crippen molar-refractivity contribution in [3.63, 3.8) is 0 Å². The van der Waals surface area contributed by atoms with Crippen LogP contribution in [0.3, 0.4) is 0 Å². The lowest BCUT2D eigenvalue weighted by Gasteiger charge is -2.38. The first-order valence-electron chi connectivity index (χ1n) is 12.5. The van der Waals surface area contributed by atoms with Crippen molar-refractivity contribution in [2.75, 3.05) is 37.4 Å². The van der Waals surface area contributed by atoms with Crippen molar-refractivity contribution in [1.82, 2.24) is 9.21 Å². The zero-order valence-electron chi connectivity index (χ0n) is 21.9. The van der Waals surface area contributed by atoms with Crippen molar-refractivity contribution in [3.8, 4) is 5.75 Å². The third kappa shape index (κ3) is 6.41. The fourth-order valence-electron chi connectivity index (χ4n) is 4.28. The molecule has 1 aliphatic heterocycles. The molecule has 1 aromatic heterocycles. The number of carbonyl (C=O) groups is 2. The fourth-order valence-corrected chi connectivity index (χ4v) is 6.67. The average Bonchev–Trinajstić information content (AvgIpc) is 3.47. The monoisotopic (exact) mass is 572 g/mol. The first-order valence-corrected chi connectivity index (χ1v) is 14.8. The molecule has 10 nitrogen and oxygen atoms in total. The van der Waals surface area contributed by atoms with Crippen LogP contribution in [-0.4, -0.2) is 73.6 Å². The second-order valence-electron chi connectivity index (χ2n) is 9.47. The second-order valence-corrected chi connectivity index (χ2v) is 12.7. The Morgan fingerprint density at radius 1 is 1.15 bits per heavy atom. The maximum atomic E-state index is 13.6. The average molecular weight is 573 g/mol. The molecular weight excluding hydrogens is 540 g/mol. The summed E-state index contributed by atoms with van der Waals surface area (Å²) in [6, 6.07) is 15.9. The van der Waals surface area contributed by atoms with E-state index in [1.165, 1.54) is 11.4 Å². The number of nitrogens with zero attached hydrogens (tertiary/aromatic N) is 2. The number of thiophene rings is 1. The van der Waals surface area contributed by atoms with Crippen LogP contribution in [-0.2, 0) is 10.0 Å². The Kier molecular flexibility index (Phi) is 8.90. The van der Waals surface area contributed by atoms with Gasteiger partial charge in [0, 0.05) is 25.2 Å². The summed E-state index contributed by atoms with van der Waals surface area (Å²) in [4.78, 5) is 28.0. The van der Waals surface area contributed by atoms with Crippen molar-refractivity contribution in [1.29, 1.82) is 0 Å². The molecular formula is C27H32N4O6S2. The number of para-hydroxylation sites is 2. The first kappa shape index (κ1) is 28.6. The number of amides is 3. The van der Waals surface area contributed by atoms with Gasteiger partial charge in [-0.05, 0) is 42.6 Å². The molecule has 0 radical (unpaired) electrons. The van der Waals surface area contributed by atoms with Gasteiger partial charge in [-0.25, -0.2) is 13.2 Å². The number of urea groups is 1. The van der Waals surface area contributed by atoms with E-state index in [1.807, 2.05) is 13.0 Å². The normalized spacial score (nSPS) is 18.5. The summed E-state index contributed by atoms with van der Waals surface area (Å²) in [7, 11) is -2.27. The van der Waals surface area contributed by atoms with Crippen LogP contribution in [0.2, 0.25) is 0 Å². The number of likely N-dealkylation sites (N-methyl/N-ethyl adjacent to an activating group) is 1. The van der Waals surface area contributed by atoms with Gasteiger partial charge in [0.25, 0.3) is 15.9 Å². The molecule has 3 atom stereocenters. The first-order chi connectivity index (χ1) is 18.6. The molecule has 0 saturated carbocycles. The number of sulfonamides is 1. The molecule has 0 spiro atoms. The van der Waals surface area contributed by atoms with Crippen LogP contribution < -0.4 is 15.4 Å². The SMILES string of the molecule is C[C@H](CO)N1C[C@H](C)[C@@H](CN(C)S(=O)(=O)c2cccs2)Oc2c(NC(=O)Nc3ccccc3)cccc2C1=O. The molecule has 1 aliphatic rings. The third-order valence-electron chi connectivity index (χ3n) is 6.57. The Morgan fingerprint density at radius 2 is 1.90 bits per heavy atom. The molecule has 3 aromatic rings. The van der Waals surface area contributed by atoms with Crippen LogP contribution in [0.15, 0.2) is 70.3 Å². The van der Waals surface area contributed by atoms with Crippen LogP contribution in [0.4, 0.5) is 16.2 Å². The number of benzene rings is 2. The van der Waals surface area contributed by atoms with E-state index in [-0.39, 0.29) is 52.7 Å². The Bertz CT molecular complexity index is 1400. The molecule has 208 valence electrons. The number of hydrogen-bond donors (Lipinski definition) is 3. The number of ether oxygens (including phenoxy) is 1. The van der Waals surface area contributed by atoms with E-state index in [0.29, 0.717) is 5.69 Å². The van der Waals surface area contributed by atoms with Gasteiger partial charge in [0.05, 0.1) is 30.4 Å². The number of aliphatic hydroxyl groups excluding tert-OH is 1. The minimum absolute atomic E-state index is 0.000915. The summed E-state index contributed by atoms with van der Waals surface area (Å²) in [5.74, 6) is -0.536. The van der Waals surface area contributed by atoms with Gasteiger partial charge in [-0.15, -0.1) is 11.3 Å². The molecule has 2 aromatic carbocycles. The number of fused-ring (bicyclic) bond motifs is 1. The van der Waals surface area contributed by atoms with Gasteiger partial charge >= 0.3 is 6.03 Å². The fraction of sp³-hybridized carbons (Fsp3) is 0.333. The summed E-state index contributed by atoms with van der Waals surface area (Å²) in [6.07, 6.45) is -0.676. The predicted octanol–water partition coefficient (Wildman–Crippen LogP) is 3.93. The second kappa shape index (κ2) is 12.2. The maximum absolute atomic E-state index is 13.6. The number of anilines is 2. The molecule has 12 heteroatoms. The Balaban J connectivity index is 1.69. The summed E-state index contributed by atoms with van der Waals surface area (Å²) >= 11 is 1.13. The number of carbonyl (C=O) groups excluding carboxylic acids is 2. The van der Waals surface area contributed by atoms with Gasteiger partial charge in [0.2, 0.25) is 0 Å². The number of nitrogens with one attached hydrogen (secondary N) is 2. The minimum Gasteiger partial charge on any atom is -0.486 e. The number of hydrogen-bond acceptors (Lipinski definition) is 7. The topological polar surface area (TPSA) is 128 Å². The quantitative estimate of drug-likeness (QED) is 0.375. The Hall–Kier alpha value is -3.45. The summed E-state index contributed by atoms with van der Waals surface area (Å²) in [5, 5.41) is 17.1. The van der Waals surface area contributed by atoms with E-state index in [1.54, 1.807) is 71.8 Å².